The van der Waals surface area contributed by atoms with Crippen LogP contribution in [0.1, 0.15) is 18.1 Å². The van der Waals surface area contributed by atoms with Crippen molar-refractivity contribution in [2.75, 3.05) is 0 Å². The van der Waals surface area contributed by atoms with Gasteiger partial charge in [-0.05, 0) is 36.6 Å². The molecule has 1 heteroatoms. The normalized spacial score (nSPS) is 10.6. The molecule has 0 fully saturated rings. The molecule has 1 aromatic carbocycles. The Hall–Kier alpha value is -1.37. The maximum Gasteiger partial charge on any atom is 0.0704 e. The SMILES string of the molecule is CCc1ccc2ncccc2c1C. The second-order valence-electron chi connectivity index (χ2n) is 3.27. The minimum absolute atomic E-state index is 1.09. The molecule has 0 saturated carbocycles. The zero-order chi connectivity index (χ0) is 9.26. The molecule has 0 saturated heterocycles. The third kappa shape index (κ3) is 1.31. The summed E-state index contributed by atoms with van der Waals surface area (Å²) < 4.78 is 0. The van der Waals surface area contributed by atoms with Crippen molar-refractivity contribution in [2.45, 2.75) is 20.3 Å². The minimum atomic E-state index is 1.09. The Morgan fingerprint density at radius 2 is 2.08 bits per heavy atom. The van der Waals surface area contributed by atoms with Gasteiger partial charge in [-0.1, -0.05) is 19.1 Å². The molecule has 0 spiro atoms. The van der Waals surface area contributed by atoms with Gasteiger partial charge in [0.1, 0.15) is 0 Å². The molecule has 0 radical (unpaired) electrons. The predicted molar refractivity (Wildman–Crippen MR) is 55.9 cm³/mol. The molecule has 0 aliphatic rings. The minimum Gasteiger partial charge on any atom is -0.256 e. The Labute approximate surface area is 78.4 Å². The molecule has 0 aliphatic heterocycles. The topological polar surface area (TPSA) is 12.9 Å². The second-order valence-corrected chi connectivity index (χ2v) is 3.27. The molecule has 2 rings (SSSR count). The first-order chi connectivity index (χ1) is 6.33. The smallest absolute Gasteiger partial charge is 0.0704 e. The largest absolute Gasteiger partial charge is 0.256 e. The quantitative estimate of drug-likeness (QED) is 0.642. The number of rotatable bonds is 1. The van der Waals surface area contributed by atoms with E-state index in [0.717, 1.165) is 11.9 Å². The first-order valence-corrected chi connectivity index (χ1v) is 4.66. The van der Waals surface area contributed by atoms with E-state index in [0.29, 0.717) is 0 Å². The molecule has 0 atom stereocenters. The Morgan fingerprint density at radius 1 is 1.23 bits per heavy atom. The van der Waals surface area contributed by atoms with Crippen LogP contribution in [-0.4, -0.2) is 4.98 Å². The molecule has 2 aromatic rings. The van der Waals surface area contributed by atoms with Crippen molar-refractivity contribution in [2.24, 2.45) is 0 Å². The number of fused-ring (bicyclic) bond motifs is 1. The fourth-order valence-electron chi connectivity index (χ4n) is 1.73. The molecule has 0 aliphatic carbocycles. The lowest BCUT2D eigenvalue weighted by molar-refractivity contribution is 1.12. The number of pyridine rings is 1. The van der Waals surface area contributed by atoms with Gasteiger partial charge in [-0.25, -0.2) is 0 Å². The number of hydrogen-bond acceptors (Lipinski definition) is 1. The predicted octanol–water partition coefficient (Wildman–Crippen LogP) is 3.11. The second kappa shape index (κ2) is 3.17. The molecular weight excluding hydrogens is 158 g/mol. The molecule has 1 heterocycles. The lowest BCUT2D eigenvalue weighted by Gasteiger charge is -2.05. The zero-order valence-electron chi connectivity index (χ0n) is 8.04. The summed E-state index contributed by atoms with van der Waals surface area (Å²) in [7, 11) is 0. The van der Waals surface area contributed by atoms with Gasteiger partial charge in [-0.15, -0.1) is 0 Å². The summed E-state index contributed by atoms with van der Waals surface area (Å²) >= 11 is 0. The molecule has 0 N–H and O–H groups in total. The fourth-order valence-corrected chi connectivity index (χ4v) is 1.73. The van der Waals surface area contributed by atoms with Crippen molar-refractivity contribution < 1.29 is 0 Å². The van der Waals surface area contributed by atoms with Gasteiger partial charge in [0.15, 0.2) is 0 Å². The van der Waals surface area contributed by atoms with Crippen LogP contribution >= 0.6 is 0 Å². The van der Waals surface area contributed by atoms with Gasteiger partial charge < -0.3 is 0 Å². The van der Waals surface area contributed by atoms with Crippen LogP contribution in [0.25, 0.3) is 10.9 Å². The Bertz CT molecular complexity index is 432. The first kappa shape index (κ1) is 8.24. The Balaban J connectivity index is 2.79. The van der Waals surface area contributed by atoms with Crippen molar-refractivity contribution in [3.8, 4) is 0 Å². The van der Waals surface area contributed by atoms with E-state index < -0.39 is 0 Å². The molecular formula is C12H13N. The Morgan fingerprint density at radius 3 is 2.85 bits per heavy atom. The monoisotopic (exact) mass is 171 g/mol. The van der Waals surface area contributed by atoms with Crippen LogP contribution in [0.2, 0.25) is 0 Å². The van der Waals surface area contributed by atoms with Crippen LogP contribution in [-0.2, 0) is 6.42 Å². The summed E-state index contributed by atoms with van der Waals surface area (Å²) in [4.78, 5) is 4.32. The summed E-state index contributed by atoms with van der Waals surface area (Å²) in [6.45, 7) is 4.35. The van der Waals surface area contributed by atoms with Gasteiger partial charge in [0.25, 0.3) is 0 Å². The van der Waals surface area contributed by atoms with Crippen molar-refractivity contribution in [3.05, 3.63) is 41.6 Å². The van der Waals surface area contributed by atoms with E-state index in [9.17, 15) is 0 Å². The van der Waals surface area contributed by atoms with Gasteiger partial charge in [-0.3, -0.25) is 4.98 Å². The number of benzene rings is 1. The average molecular weight is 171 g/mol. The lowest BCUT2D eigenvalue weighted by Crippen LogP contribution is -1.88. The highest BCUT2D eigenvalue weighted by Crippen LogP contribution is 2.19. The molecule has 13 heavy (non-hydrogen) atoms. The van der Waals surface area contributed by atoms with Crippen molar-refractivity contribution >= 4 is 10.9 Å². The standard InChI is InChI=1S/C12H13N/c1-3-10-6-7-12-11(9(10)2)5-4-8-13-12/h4-8H,3H2,1-2H3. The van der Waals surface area contributed by atoms with Crippen LogP contribution in [0.15, 0.2) is 30.5 Å². The van der Waals surface area contributed by atoms with E-state index in [1.807, 2.05) is 12.3 Å². The average Bonchev–Trinajstić information content (AvgIpc) is 2.19. The van der Waals surface area contributed by atoms with E-state index >= 15 is 0 Å². The molecule has 0 unspecified atom stereocenters. The van der Waals surface area contributed by atoms with Crippen LogP contribution in [0.3, 0.4) is 0 Å². The van der Waals surface area contributed by atoms with Gasteiger partial charge in [0.2, 0.25) is 0 Å². The molecule has 1 aromatic heterocycles. The fraction of sp³-hybridized carbons (Fsp3) is 0.250. The van der Waals surface area contributed by atoms with Crippen LogP contribution < -0.4 is 0 Å². The van der Waals surface area contributed by atoms with Crippen LogP contribution in [0.5, 0.6) is 0 Å². The van der Waals surface area contributed by atoms with Gasteiger partial charge in [0, 0.05) is 11.6 Å². The molecule has 1 nitrogen and oxygen atoms in total. The van der Waals surface area contributed by atoms with Gasteiger partial charge in [-0.2, -0.15) is 0 Å². The molecule has 0 bridgehead atoms. The zero-order valence-corrected chi connectivity index (χ0v) is 8.04. The summed E-state index contributed by atoms with van der Waals surface area (Å²) in [6.07, 6.45) is 2.93. The number of aromatic nitrogens is 1. The summed E-state index contributed by atoms with van der Waals surface area (Å²) in [6, 6.07) is 8.40. The highest BCUT2D eigenvalue weighted by Gasteiger charge is 2.00. The highest BCUT2D eigenvalue weighted by molar-refractivity contribution is 5.82. The van der Waals surface area contributed by atoms with E-state index in [1.54, 1.807) is 0 Å². The first-order valence-electron chi connectivity index (χ1n) is 4.66. The van der Waals surface area contributed by atoms with Crippen LogP contribution in [0, 0.1) is 6.92 Å². The summed E-state index contributed by atoms with van der Waals surface area (Å²) in [5.74, 6) is 0. The summed E-state index contributed by atoms with van der Waals surface area (Å²) in [5.41, 5.74) is 3.88. The maximum atomic E-state index is 4.32. The highest BCUT2D eigenvalue weighted by atomic mass is 14.6. The van der Waals surface area contributed by atoms with E-state index in [-0.39, 0.29) is 0 Å². The van der Waals surface area contributed by atoms with E-state index in [2.05, 4.69) is 37.0 Å². The van der Waals surface area contributed by atoms with Crippen LogP contribution in [0.4, 0.5) is 0 Å². The van der Waals surface area contributed by atoms with Crippen molar-refractivity contribution in [1.29, 1.82) is 0 Å². The molecule has 66 valence electrons. The number of aryl methyl sites for hydroxylation is 2. The Kier molecular flexibility index (Phi) is 2.01. The maximum absolute atomic E-state index is 4.32. The van der Waals surface area contributed by atoms with Crippen molar-refractivity contribution in [3.63, 3.8) is 0 Å². The lowest BCUT2D eigenvalue weighted by atomic mass is 10.0. The van der Waals surface area contributed by atoms with Gasteiger partial charge >= 0.3 is 0 Å². The van der Waals surface area contributed by atoms with E-state index in [1.165, 1.54) is 16.5 Å². The van der Waals surface area contributed by atoms with E-state index in [4.69, 9.17) is 0 Å². The number of hydrogen-bond donors (Lipinski definition) is 0. The number of nitrogens with zero attached hydrogens (tertiary/aromatic N) is 1. The van der Waals surface area contributed by atoms with Crippen molar-refractivity contribution in [1.82, 2.24) is 4.98 Å². The third-order valence-corrected chi connectivity index (χ3v) is 2.55. The third-order valence-electron chi connectivity index (χ3n) is 2.55. The summed E-state index contributed by atoms with van der Waals surface area (Å²) in [5, 5.41) is 1.28. The molecule has 0 amide bonds. The van der Waals surface area contributed by atoms with Gasteiger partial charge in [0.05, 0.1) is 5.52 Å².